The highest BCUT2D eigenvalue weighted by molar-refractivity contribution is 4.91. The van der Waals surface area contributed by atoms with Crippen LogP contribution >= 0.6 is 0 Å². The summed E-state index contributed by atoms with van der Waals surface area (Å²) in [5.41, 5.74) is 6.11. The first-order valence-electron chi connectivity index (χ1n) is 6.29. The SMILES string of the molecule is CCCCC1CC(N)CN(C2CC2)C1. The molecule has 0 amide bonds. The monoisotopic (exact) mass is 196 g/mol. The zero-order valence-corrected chi connectivity index (χ0v) is 9.41. The van der Waals surface area contributed by atoms with Gasteiger partial charge in [0.2, 0.25) is 0 Å². The predicted molar refractivity (Wildman–Crippen MR) is 60.2 cm³/mol. The van der Waals surface area contributed by atoms with Gasteiger partial charge >= 0.3 is 0 Å². The zero-order valence-electron chi connectivity index (χ0n) is 9.41. The smallest absolute Gasteiger partial charge is 0.0171 e. The average molecular weight is 196 g/mol. The molecule has 82 valence electrons. The highest BCUT2D eigenvalue weighted by Crippen LogP contribution is 2.31. The van der Waals surface area contributed by atoms with E-state index in [9.17, 15) is 0 Å². The average Bonchev–Trinajstić information content (AvgIpc) is 2.97. The van der Waals surface area contributed by atoms with Gasteiger partial charge in [0.05, 0.1) is 0 Å². The molecule has 0 radical (unpaired) electrons. The predicted octanol–water partition coefficient (Wildman–Crippen LogP) is 1.99. The van der Waals surface area contributed by atoms with Crippen LogP contribution in [-0.2, 0) is 0 Å². The number of unbranched alkanes of at least 4 members (excludes halogenated alkanes) is 1. The molecule has 2 N–H and O–H groups in total. The third-order valence-electron chi connectivity index (χ3n) is 3.63. The van der Waals surface area contributed by atoms with Crippen molar-refractivity contribution >= 4 is 0 Å². The van der Waals surface area contributed by atoms with E-state index in [0.29, 0.717) is 6.04 Å². The van der Waals surface area contributed by atoms with Gasteiger partial charge in [0.15, 0.2) is 0 Å². The number of nitrogens with two attached hydrogens (primary N) is 1. The Hall–Kier alpha value is -0.0800. The van der Waals surface area contributed by atoms with Crippen molar-refractivity contribution in [2.24, 2.45) is 11.7 Å². The normalized spacial score (nSPS) is 34.7. The second-order valence-corrected chi connectivity index (χ2v) is 5.19. The molecule has 2 aliphatic rings. The molecule has 2 fully saturated rings. The topological polar surface area (TPSA) is 29.3 Å². The fourth-order valence-corrected chi connectivity index (χ4v) is 2.72. The fourth-order valence-electron chi connectivity index (χ4n) is 2.72. The molecule has 0 aromatic rings. The van der Waals surface area contributed by atoms with Crippen molar-refractivity contribution < 1.29 is 0 Å². The number of piperidine rings is 1. The van der Waals surface area contributed by atoms with E-state index in [1.54, 1.807) is 0 Å². The molecule has 1 aliphatic heterocycles. The Morgan fingerprint density at radius 2 is 2.07 bits per heavy atom. The molecule has 1 aliphatic carbocycles. The minimum Gasteiger partial charge on any atom is -0.327 e. The summed E-state index contributed by atoms with van der Waals surface area (Å²) in [5, 5.41) is 0. The molecule has 0 spiro atoms. The highest BCUT2D eigenvalue weighted by Gasteiger charge is 2.34. The van der Waals surface area contributed by atoms with Crippen LogP contribution in [0.25, 0.3) is 0 Å². The molecule has 0 aromatic heterocycles. The van der Waals surface area contributed by atoms with E-state index in [2.05, 4.69) is 11.8 Å². The van der Waals surface area contributed by atoms with E-state index in [1.807, 2.05) is 0 Å². The molecular formula is C12H24N2. The fraction of sp³-hybridized carbons (Fsp3) is 1.00. The Labute approximate surface area is 87.8 Å². The van der Waals surface area contributed by atoms with Crippen molar-refractivity contribution in [2.75, 3.05) is 13.1 Å². The third-order valence-corrected chi connectivity index (χ3v) is 3.63. The summed E-state index contributed by atoms with van der Waals surface area (Å²) < 4.78 is 0. The number of likely N-dealkylation sites (tertiary alicyclic amines) is 1. The largest absolute Gasteiger partial charge is 0.327 e. The Bertz CT molecular complexity index is 177. The Balaban J connectivity index is 1.79. The van der Waals surface area contributed by atoms with Gasteiger partial charge in [-0.25, -0.2) is 0 Å². The second-order valence-electron chi connectivity index (χ2n) is 5.19. The van der Waals surface area contributed by atoms with E-state index >= 15 is 0 Å². The van der Waals surface area contributed by atoms with Crippen LogP contribution in [0.15, 0.2) is 0 Å². The minimum atomic E-state index is 0.450. The van der Waals surface area contributed by atoms with Crippen LogP contribution in [-0.4, -0.2) is 30.1 Å². The molecule has 2 heteroatoms. The van der Waals surface area contributed by atoms with Crippen LogP contribution in [0.3, 0.4) is 0 Å². The third kappa shape index (κ3) is 2.71. The van der Waals surface area contributed by atoms with Gasteiger partial charge < -0.3 is 5.73 Å². The van der Waals surface area contributed by atoms with E-state index in [4.69, 9.17) is 5.73 Å². The summed E-state index contributed by atoms with van der Waals surface area (Å²) in [4.78, 5) is 2.65. The summed E-state index contributed by atoms with van der Waals surface area (Å²) in [7, 11) is 0. The summed E-state index contributed by atoms with van der Waals surface area (Å²) in [6, 6.07) is 1.36. The number of hydrogen-bond donors (Lipinski definition) is 1. The van der Waals surface area contributed by atoms with Gasteiger partial charge in [-0.3, -0.25) is 4.90 Å². The lowest BCUT2D eigenvalue weighted by Gasteiger charge is -2.36. The Morgan fingerprint density at radius 3 is 2.71 bits per heavy atom. The van der Waals surface area contributed by atoms with Crippen LogP contribution in [0, 0.1) is 5.92 Å². The first kappa shape index (κ1) is 10.4. The van der Waals surface area contributed by atoms with Crippen molar-refractivity contribution in [3.63, 3.8) is 0 Å². The quantitative estimate of drug-likeness (QED) is 0.745. The first-order valence-corrected chi connectivity index (χ1v) is 6.29. The van der Waals surface area contributed by atoms with Crippen LogP contribution in [0.5, 0.6) is 0 Å². The molecular weight excluding hydrogens is 172 g/mol. The molecule has 1 saturated heterocycles. The van der Waals surface area contributed by atoms with Gasteiger partial charge in [-0.05, 0) is 31.6 Å². The van der Waals surface area contributed by atoms with Crippen LogP contribution < -0.4 is 5.73 Å². The van der Waals surface area contributed by atoms with Gasteiger partial charge in [-0.15, -0.1) is 0 Å². The maximum Gasteiger partial charge on any atom is 0.0171 e. The number of rotatable bonds is 4. The lowest BCUT2D eigenvalue weighted by Crippen LogP contribution is -2.47. The molecule has 2 unspecified atom stereocenters. The molecule has 1 saturated carbocycles. The molecule has 1 heterocycles. The van der Waals surface area contributed by atoms with Crippen molar-refractivity contribution in [2.45, 2.75) is 57.5 Å². The van der Waals surface area contributed by atoms with Gasteiger partial charge in [0.1, 0.15) is 0 Å². The van der Waals surface area contributed by atoms with Crippen LogP contribution in [0.1, 0.15) is 45.4 Å². The number of hydrogen-bond acceptors (Lipinski definition) is 2. The Morgan fingerprint density at radius 1 is 1.29 bits per heavy atom. The van der Waals surface area contributed by atoms with Crippen molar-refractivity contribution in [1.29, 1.82) is 0 Å². The highest BCUT2D eigenvalue weighted by atomic mass is 15.2. The van der Waals surface area contributed by atoms with Gasteiger partial charge in [-0.2, -0.15) is 0 Å². The molecule has 2 rings (SSSR count). The van der Waals surface area contributed by atoms with Crippen LogP contribution in [0.4, 0.5) is 0 Å². The number of nitrogens with zero attached hydrogens (tertiary/aromatic N) is 1. The summed E-state index contributed by atoms with van der Waals surface area (Å²) in [6.45, 7) is 4.77. The zero-order chi connectivity index (χ0) is 9.97. The van der Waals surface area contributed by atoms with E-state index in [1.165, 1.54) is 45.1 Å². The van der Waals surface area contributed by atoms with Gasteiger partial charge in [0.25, 0.3) is 0 Å². The maximum absolute atomic E-state index is 6.11. The molecule has 2 nitrogen and oxygen atoms in total. The molecule has 14 heavy (non-hydrogen) atoms. The molecule has 2 atom stereocenters. The summed E-state index contributed by atoms with van der Waals surface area (Å²) in [6.07, 6.45) is 8.22. The van der Waals surface area contributed by atoms with Crippen molar-refractivity contribution in [3.05, 3.63) is 0 Å². The van der Waals surface area contributed by atoms with Crippen LogP contribution in [0.2, 0.25) is 0 Å². The minimum absolute atomic E-state index is 0.450. The first-order chi connectivity index (χ1) is 6.79. The van der Waals surface area contributed by atoms with Crippen molar-refractivity contribution in [3.8, 4) is 0 Å². The standard InChI is InChI=1S/C12H24N2/c1-2-3-4-10-7-11(13)9-14(8-10)12-5-6-12/h10-12H,2-9,13H2,1H3. The Kier molecular flexibility index (Phi) is 3.45. The van der Waals surface area contributed by atoms with E-state index in [0.717, 1.165) is 18.5 Å². The van der Waals surface area contributed by atoms with E-state index in [-0.39, 0.29) is 0 Å². The lowest BCUT2D eigenvalue weighted by molar-refractivity contribution is 0.142. The second kappa shape index (κ2) is 4.63. The summed E-state index contributed by atoms with van der Waals surface area (Å²) >= 11 is 0. The summed E-state index contributed by atoms with van der Waals surface area (Å²) in [5.74, 6) is 0.888. The van der Waals surface area contributed by atoms with E-state index < -0.39 is 0 Å². The van der Waals surface area contributed by atoms with Crippen molar-refractivity contribution in [1.82, 2.24) is 4.90 Å². The van der Waals surface area contributed by atoms with Gasteiger partial charge in [-0.1, -0.05) is 19.8 Å². The maximum atomic E-state index is 6.11. The van der Waals surface area contributed by atoms with Gasteiger partial charge in [0, 0.05) is 25.2 Å². The molecule has 0 aromatic carbocycles. The lowest BCUT2D eigenvalue weighted by atomic mass is 9.90. The molecule has 0 bridgehead atoms.